The lowest BCUT2D eigenvalue weighted by atomic mass is 10.2. The van der Waals surface area contributed by atoms with Gasteiger partial charge >= 0.3 is 6.18 Å². The number of nitrogens with one attached hydrogen (secondary N) is 1. The Bertz CT molecular complexity index is 771. The van der Waals surface area contributed by atoms with E-state index < -0.39 is 22.7 Å². The molecule has 3 nitrogen and oxygen atoms in total. The molecule has 0 heterocycles. The Balaban J connectivity index is 2.05. The number of anilines is 1. The summed E-state index contributed by atoms with van der Waals surface area (Å²) in [6, 6.07) is 10.2. The van der Waals surface area contributed by atoms with Gasteiger partial charge in [-0.1, -0.05) is 23.7 Å². The highest BCUT2D eigenvalue weighted by Gasteiger charge is 2.33. The number of alkyl halides is 3. The highest BCUT2D eigenvalue weighted by atomic mass is 35.5. The second-order valence-corrected chi connectivity index (χ2v) is 5.42. The topological polar surface area (TPSA) is 38.3 Å². The first-order chi connectivity index (χ1) is 11.8. The third-order valence-corrected chi connectivity index (χ3v) is 3.49. The highest BCUT2D eigenvalue weighted by molar-refractivity contribution is 6.31. The fourth-order valence-electron chi connectivity index (χ4n) is 2.02. The van der Waals surface area contributed by atoms with Gasteiger partial charge in [0, 0.05) is 11.8 Å². The number of carbonyl (C=O) groups is 1. The third kappa shape index (κ3) is 5.53. The summed E-state index contributed by atoms with van der Waals surface area (Å²) < 4.78 is 43.7. The number of amides is 1. The van der Waals surface area contributed by atoms with Gasteiger partial charge in [0.1, 0.15) is 5.75 Å². The first-order valence-corrected chi connectivity index (χ1v) is 7.76. The van der Waals surface area contributed by atoms with E-state index in [1.165, 1.54) is 12.1 Å². The Kier molecular flexibility index (Phi) is 6.09. The van der Waals surface area contributed by atoms with Crippen molar-refractivity contribution in [1.82, 2.24) is 0 Å². The first-order valence-electron chi connectivity index (χ1n) is 7.38. The SMILES string of the molecule is CCOc1ccc(C=CC(=O)Nc2ccc(Cl)c(C(F)(F)F)c2)cc1. The van der Waals surface area contributed by atoms with Crippen LogP contribution in [0, 0.1) is 0 Å². The van der Waals surface area contributed by atoms with Crippen molar-refractivity contribution in [3.8, 4) is 5.75 Å². The molecular formula is C18H15ClF3NO2. The maximum Gasteiger partial charge on any atom is 0.417 e. The van der Waals surface area contributed by atoms with E-state index in [-0.39, 0.29) is 5.69 Å². The van der Waals surface area contributed by atoms with E-state index in [4.69, 9.17) is 16.3 Å². The summed E-state index contributed by atoms with van der Waals surface area (Å²) in [5.41, 5.74) is -0.230. The minimum absolute atomic E-state index is 0.0121. The van der Waals surface area contributed by atoms with Crippen LogP contribution < -0.4 is 10.1 Å². The number of halogens is 4. The molecule has 25 heavy (non-hydrogen) atoms. The fraction of sp³-hybridized carbons (Fsp3) is 0.167. The molecule has 0 fully saturated rings. The minimum atomic E-state index is -4.59. The van der Waals surface area contributed by atoms with E-state index in [1.807, 2.05) is 6.92 Å². The molecule has 0 saturated carbocycles. The van der Waals surface area contributed by atoms with Crippen LogP contribution in [-0.2, 0) is 11.0 Å². The molecule has 132 valence electrons. The molecule has 0 bridgehead atoms. The number of hydrogen-bond acceptors (Lipinski definition) is 2. The van der Waals surface area contributed by atoms with E-state index in [9.17, 15) is 18.0 Å². The molecule has 1 amide bonds. The molecule has 0 radical (unpaired) electrons. The number of benzene rings is 2. The van der Waals surface area contributed by atoms with E-state index >= 15 is 0 Å². The predicted octanol–water partition coefficient (Wildman–Crippen LogP) is 5.41. The molecular weight excluding hydrogens is 355 g/mol. The van der Waals surface area contributed by atoms with E-state index in [0.717, 1.165) is 17.7 Å². The van der Waals surface area contributed by atoms with Crippen molar-refractivity contribution in [2.24, 2.45) is 0 Å². The first kappa shape index (κ1) is 18.9. The summed E-state index contributed by atoms with van der Waals surface area (Å²) in [5, 5.41) is 1.95. The van der Waals surface area contributed by atoms with Gasteiger partial charge in [0.2, 0.25) is 5.91 Å². The van der Waals surface area contributed by atoms with Crippen LogP contribution >= 0.6 is 11.6 Å². The lowest BCUT2D eigenvalue weighted by Crippen LogP contribution is -2.11. The molecule has 0 aromatic heterocycles. The van der Waals surface area contributed by atoms with Crippen LogP contribution in [-0.4, -0.2) is 12.5 Å². The quantitative estimate of drug-likeness (QED) is 0.716. The second kappa shape index (κ2) is 8.07. The smallest absolute Gasteiger partial charge is 0.417 e. The van der Waals surface area contributed by atoms with Crippen molar-refractivity contribution in [1.29, 1.82) is 0 Å². The zero-order valence-electron chi connectivity index (χ0n) is 13.2. The number of carbonyl (C=O) groups excluding carboxylic acids is 1. The van der Waals surface area contributed by atoms with Gasteiger partial charge in [-0.2, -0.15) is 13.2 Å². The molecule has 2 rings (SSSR count). The van der Waals surface area contributed by atoms with E-state index in [0.29, 0.717) is 12.4 Å². The van der Waals surface area contributed by atoms with Crippen LogP contribution in [0.3, 0.4) is 0 Å². The molecule has 0 unspecified atom stereocenters. The molecule has 1 N–H and O–H groups in total. The van der Waals surface area contributed by atoms with Gasteiger partial charge in [0.15, 0.2) is 0 Å². The minimum Gasteiger partial charge on any atom is -0.494 e. The summed E-state index contributed by atoms with van der Waals surface area (Å²) in [4.78, 5) is 11.9. The van der Waals surface area contributed by atoms with Crippen molar-refractivity contribution in [3.63, 3.8) is 0 Å². The van der Waals surface area contributed by atoms with Crippen molar-refractivity contribution in [2.45, 2.75) is 13.1 Å². The molecule has 0 spiro atoms. The fourth-order valence-corrected chi connectivity index (χ4v) is 2.24. The highest BCUT2D eigenvalue weighted by Crippen LogP contribution is 2.36. The lowest BCUT2D eigenvalue weighted by molar-refractivity contribution is -0.137. The second-order valence-electron chi connectivity index (χ2n) is 5.02. The van der Waals surface area contributed by atoms with E-state index in [2.05, 4.69) is 5.32 Å². The number of rotatable bonds is 5. The molecule has 0 aliphatic rings. The van der Waals surface area contributed by atoms with Gasteiger partial charge in [0.05, 0.1) is 17.2 Å². The van der Waals surface area contributed by atoms with Crippen molar-refractivity contribution in [2.75, 3.05) is 11.9 Å². The molecule has 0 aliphatic carbocycles. The zero-order valence-corrected chi connectivity index (χ0v) is 14.0. The van der Waals surface area contributed by atoms with Gasteiger partial charge in [-0.15, -0.1) is 0 Å². The van der Waals surface area contributed by atoms with Crippen LogP contribution in [0.1, 0.15) is 18.1 Å². The standard InChI is InChI=1S/C18H15ClF3NO2/c1-2-25-14-7-3-12(4-8-14)5-10-17(24)23-13-6-9-16(19)15(11-13)18(20,21)22/h3-11H,2H2,1H3,(H,23,24). The largest absolute Gasteiger partial charge is 0.494 e. The van der Waals surface area contributed by atoms with Gasteiger partial charge in [0.25, 0.3) is 0 Å². The molecule has 0 atom stereocenters. The Hall–Kier alpha value is -2.47. The van der Waals surface area contributed by atoms with Crippen molar-refractivity contribution < 1.29 is 22.7 Å². The molecule has 0 aliphatic heterocycles. The summed E-state index contributed by atoms with van der Waals surface area (Å²) in [6.07, 6.45) is -1.81. The van der Waals surface area contributed by atoms with Gasteiger partial charge in [-0.05, 0) is 48.9 Å². The molecule has 2 aromatic carbocycles. The zero-order chi connectivity index (χ0) is 18.4. The average molecular weight is 370 g/mol. The average Bonchev–Trinajstić information content (AvgIpc) is 2.55. The Morgan fingerprint density at radius 3 is 2.48 bits per heavy atom. The summed E-state index contributed by atoms with van der Waals surface area (Å²) in [6.45, 7) is 2.43. The maximum atomic E-state index is 12.8. The normalized spacial score (nSPS) is 11.6. The Labute approximate surface area is 148 Å². The lowest BCUT2D eigenvalue weighted by Gasteiger charge is -2.11. The maximum absolute atomic E-state index is 12.8. The van der Waals surface area contributed by atoms with Crippen LogP contribution in [0.15, 0.2) is 48.5 Å². The Morgan fingerprint density at radius 1 is 1.20 bits per heavy atom. The van der Waals surface area contributed by atoms with Crippen LogP contribution in [0.4, 0.5) is 18.9 Å². The summed E-state index contributed by atoms with van der Waals surface area (Å²) in [5.74, 6) is 0.161. The number of hydrogen-bond donors (Lipinski definition) is 1. The molecule has 7 heteroatoms. The van der Waals surface area contributed by atoms with Crippen LogP contribution in [0.25, 0.3) is 6.08 Å². The summed E-state index contributed by atoms with van der Waals surface area (Å²) in [7, 11) is 0. The number of ether oxygens (including phenoxy) is 1. The van der Waals surface area contributed by atoms with Gasteiger partial charge in [-0.25, -0.2) is 0 Å². The predicted molar refractivity (Wildman–Crippen MR) is 91.7 cm³/mol. The van der Waals surface area contributed by atoms with Gasteiger partial charge < -0.3 is 10.1 Å². The van der Waals surface area contributed by atoms with Crippen molar-refractivity contribution in [3.05, 3.63) is 64.7 Å². The molecule has 2 aromatic rings. The Morgan fingerprint density at radius 2 is 1.88 bits per heavy atom. The van der Waals surface area contributed by atoms with E-state index in [1.54, 1.807) is 30.3 Å². The monoisotopic (exact) mass is 369 g/mol. The van der Waals surface area contributed by atoms with Crippen LogP contribution in [0.2, 0.25) is 5.02 Å². The van der Waals surface area contributed by atoms with Crippen LogP contribution in [0.5, 0.6) is 5.75 Å². The van der Waals surface area contributed by atoms with Gasteiger partial charge in [-0.3, -0.25) is 4.79 Å². The summed E-state index contributed by atoms with van der Waals surface area (Å²) >= 11 is 5.54. The third-order valence-electron chi connectivity index (χ3n) is 3.16. The van der Waals surface area contributed by atoms with Crippen molar-refractivity contribution >= 4 is 29.3 Å². The molecule has 0 saturated heterocycles.